The number of aryl methyl sites for hydroxylation is 1. The van der Waals surface area contributed by atoms with Crippen LogP contribution in [0.2, 0.25) is 0 Å². The van der Waals surface area contributed by atoms with Crippen molar-refractivity contribution in [3.05, 3.63) is 53.1 Å². The van der Waals surface area contributed by atoms with Crippen molar-refractivity contribution in [3.63, 3.8) is 0 Å². The molecular weight excluding hydrogens is 396 g/mol. The van der Waals surface area contributed by atoms with E-state index in [0.717, 1.165) is 29.7 Å². The van der Waals surface area contributed by atoms with Crippen LogP contribution in [0.25, 0.3) is 0 Å². The van der Waals surface area contributed by atoms with E-state index in [4.69, 9.17) is 14.2 Å². The van der Waals surface area contributed by atoms with E-state index in [1.54, 1.807) is 14.2 Å². The summed E-state index contributed by atoms with van der Waals surface area (Å²) in [6.45, 7) is 2.91. The Labute approximate surface area is 183 Å². The summed E-state index contributed by atoms with van der Waals surface area (Å²) in [5.74, 6) is 0.800. The first-order chi connectivity index (χ1) is 15.0. The maximum absolute atomic E-state index is 12.8. The summed E-state index contributed by atoms with van der Waals surface area (Å²) >= 11 is 0. The predicted octanol–water partition coefficient (Wildman–Crippen LogP) is 3.37. The molecule has 0 bridgehead atoms. The Balaban J connectivity index is 1.81. The first-order valence-electron chi connectivity index (χ1n) is 10.4. The van der Waals surface area contributed by atoms with Gasteiger partial charge in [0.2, 0.25) is 5.91 Å². The number of nitrogens with zero attached hydrogens (tertiary/aromatic N) is 1. The van der Waals surface area contributed by atoms with E-state index in [1.807, 2.05) is 41.3 Å². The molecule has 1 atom stereocenters. The molecule has 2 aromatic rings. The third-order valence-corrected chi connectivity index (χ3v) is 5.69. The van der Waals surface area contributed by atoms with E-state index in [9.17, 15) is 9.59 Å². The Morgan fingerprint density at radius 3 is 2.35 bits per heavy atom. The second kappa shape index (κ2) is 10.3. The Morgan fingerprint density at radius 2 is 1.74 bits per heavy atom. The van der Waals surface area contributed by atoms with Crippen molar-refractivity contribution >= 4 is 17.6 Å². The minimum absolute atomic E-state index is 0.122. The topological polar surface area (TPSA) is 77.1 Å². The number of nitrogens with one attached hydrogen (secondary N) is 1. The van der Waals surface area contributed by atoms with Gasteiger partial charge in [0.15, 0.2) is 11.5 Å². The molecule has 0 aliphatic carbocycles. The first kappa shape index (κ1) is 22.6. The third-order valence-electron chi connectivity index (χ3n) is 5.69. The van der Waals surface area contributed by atoms with E-state index in [1.165, 1.54) is 12.7 Å². The molecule has 0 aromatic heterocycles. The van der Waals surface area contributed by atoms with Gasteiger partial charge in [-0.15, -0.1) is 0 Å². The van der Waals surface area contributed by atoms with Gasteiger partial charge in [-0.05, 0) is 53.8 Å². The highest BCUT2D eigenvalue weighted by Gasteiger charge is 2.32. The summed E-state index contributed by atoms with van der Waals surface area (Å²) in [7, 11) is 4.55. The van der Waals surface area contributed by atoms with Crippen LogP contribution >= 0.6 is 0 Å². The lowest BCUT2D eigenvalue weighted by atomic mass is 9.90. The largest absolute Gasteiger partial charge is 0.493 e. The van der Waals surface area contributed by atoms with Crippen LogP contribution in [-0.4, -0.2) is 51.2 Å². The maximum atomic E-state index is 12.8. The molecule has 1 amide bonds. The smallest absolute Gasteiger partial charge is 0.307 e. The quantitative estimate of drug-likeness (QED) is 0.653. The fourth-order valence-electron chi connectivity index (χ4n) is 3.96. The summed E-state index contributed by atoms with van der Waals surface area (Å²) in [6, 6.07) is 11.4. The van der Waals surface area contributed by atoms with Gasteiger partial charge in [0.05, 0.1) is 34.3 Å². The number of amides is 1. The van der Waals surface area contributed by atoms with Crippen LogP contribution in [0.3, 0.4) is 0 Å². The summed E-state index contributed by atoms with van der Waals surface area (Å²) in [6.07, 6.45) is 1.84. The van der Waals surface area contributed by atoms with Crippen molar-refractivity contribution in [1.82, 2.24) is 4.90 Å². The summed E-state index contributed by atoms with van der Waals surface area (Å²) in [4.78, 5) is 26.9. The summed E-state index contributed by atoms with van der Waals surface area (Å²) < 4.78 is 15.8. The fraction of sp³-hybridized carbons (Fsp3) is 0.417. The standard InChI is InChI=1S/C24H30N2O5/c1-5-16-6-8-18(9-7-16)25-23(27)15-26-11-10-17-12-21(29-2)22(30-3)13-19(17)20(26)14-24(28)31-4/h6-9,12-13,20H,5,10-11,14-15H2,1-4H3,(H,25,27)/t20-/m1/s1. The second-order valence-corrected chi connectivity index (χ2v) is 7.52. The number of rotatable bonds is 8. The maximum Gasteiger partial charge on any atom is 0.307 e. The van der Waals surface area contributed by atoms with Gasteiger partial charge in [0.1, 0.15) is 0 Å². The van der Waals surface area contributed by atoms with Crippen molar-refractivity contribution in [2.75, 3.05) is 39.7 Å². The van der Waals surface area contributed by atoms with Gasteiger partial charge in [-0.1, -0.05) is 19.1 Å². The van der Waals surface area contributed by atoms with Crippen molar-refractivity contribution in [2.45, 2.75) is 32.2 Å². The molecule has 7 heteroatoms. The van der Waals surface area contributed by atoms with Crippen LogP contribution in [0.1, 0.15) is 36.1 Å². The molecule has 0 saturated heterocycles. The highest BCUT2D eigenvalue weighted by atomic mass is 16.5. The number of ether oxygens (including phenoxy) is 3. The van der Waals surface area contributed by atoms with E-state index in [0.29, 0.717) is 18.0 Å². The number of methoxy groups -OCH3 is 3. The van der Waals surface area contributed by atoms with E-state index in [2.05, 4.69) is 12.2 Å². The van der Waals surface area contributed by atoms with Gasteiger partial charge < -0.3 is 19.5 Å². The van der Waals surface area contributed by atoms with Crippen molar-refractivity contribution in [1.29, 1.82) is 0 Å². The van der Waals surface area contributed by atoms with Crippen LogP contribution in [0, 0.1) is 0 Å². The third kappa shape index (κ3) is 5.35. The molecular formula is C24H30N2O5. The van der Waals surface area contributed by atoms with Crippen LogP contribution < -0.4 is 14.8 Å². The molecule has 0 fully saturated rings. The number of fused-ring (bicyclic) bond motifs is 1. The number of carbonyl (C=O) groups excluding carboxylic acids is 2. The molecule has 2 aromatic carbocycles. The van der Waals surface area contributed by atoms with Crippen molar-refractivity contribution in [2.24, 2.45) is 0 Å². The summed E-state index contributed by atoms with van der Waals surface area (Å²) in [5, 5.41) is 2.95. The highest BCUT2D eigenvalue weighted by molar-refractivity contribution is 5.92. The molecule has 166 valence electrons. The molecule has 0 saturated carbocycles. The number of carbonyl (C=O) groups is 2. The van der Waals surface area contributed by atoms with Crippen LogP contribution in [0.15, 0.2) is 36.4 Å². The molecule has 1 N–H and O–H groups in total. The zero-order valence-corrected chi connectivity index (χ0v) is 18.6. The Bertz CT molecular complexity index is 926. The molecule has 0 unspecified atom stereocenters. The van der Waals surface area contributed by atoms with Gasteiger partial charge in [0, 0.05) is 18.3 Å². The van der Waals surface area contributed by atoms with Crippen LogP contribution in [0.5, 0.6) is 11.5 Å². The average molecular weight is 427 g/mol. The van der Waals surface area contributed by atoms with Crippen molar-refractivity contribution in [3.8, 4) is 11.5 Å². The molecule has 7 nitrogen and oxygen atoms in total. The molecule has 31 heavy (non-hydrogen) atoms. The number of esters is 1. The fourth-order valence-corrected chi connectivity index (χ4v) is 3.96. The zero-order chi connectivity index (χ0) is 22.4. The first-order valence-corrected chi connectivity index (χ1v) is 10.4. The number of anilines is 1. The average Bonchev–Trinajstić information content (AvgIpc) is 2.79. The molecule has 0 radical (unpaired) electrons. The van der Waals surface area contributed by atoms with Crippen LogP contribution in [0.4, 0.5) is 5.69 Å². The number of hydrogen-bond donors (Lipinski definition) is 1. The minimum Gasteiger partial charge on any atom is -0.493 e. The molecule has 1 aliphatic heterocycles. The lowest BCUT2D eigenvalue weighted by molar-refractivity contribution is -0.142. The molecule has 1 aliphatic rings. The van der Waals surface area contributed by atoms with E-state index in [-0.39, 0.29) is 30.9 Å². The lowest BCUT2D eigenvalue weighted by Crippen LogP contribution is -2.41. The van der Waals surface area contributed by atoms with Gasteiger partial charge >= 0.3 is 5.97 Å². The predicted molar refractivity (Wildman–Crippen MR) is 119 cm³/mol. The zero-order valence-electron chi connectivity index (χ0n) is 18.6. The molecule has 1 heterocycles. The van der Waals surface area contributed by atoms with Gasteiger partial charge in [0.25, 0.3) is 0 Å². The van der Waals surface area contributed by atoms with Gasteiger partial charge in [-0.25, -0.2) is 0 Å². The number of benzene rings is 2. The SMILES string of the molecule is CCc1ccc(NC(=O)CN2CCc3cc(OC)c(OC)cc3[C@H]2CC(=O)OC)cc1. The van der Waals surface area contributed by atoms with Crippen molar-refractivity contribution < 1.29 is 23.8 Å². The summed E-state index contributed by atoms with van der Waals surface area (Å²) in [5.41, 5.74) is 4.01. The molecule has 0 spiro atoms. The van der Waals surface area contributed by atoms with Gasteiger partial charge in [-0.2, -0.15) is 0 Å². The number of hydrogen-bond acceptors (Lipinski definition) is 6. The second-order valence-electron chi connectivity index (χ2n) is 7.52. The van der Waals surface area contributed by atoms with Crippen LogP contribution in [-0.2, 0) is 27.2 Å². The van der Waals surface area contributed by atoms with E-state index >= 15 is 0 Å². The monoisotopic (exact) mass is 426 g/mol. The minimum atomic E-state index is -0.326. The molecule has 3 rings (SSSR count). The highest BCUT2D eigenvalue weighted by Crippen LogP contribution is 2.39. The Morgan fingerprint density at radius 1 is 1.06 bits per heavy atom. The van der Waals surface area contributed by atoms with E-state index < -0.39 is 0 Å². The normalized spacial score (nSPS) is 15.7. The Hall–Kier alpha value is -3.06. The Kier molecular flexibility index (Phi) is 7.52. The lowest BCUT2D eigenvalue weighted by Gasteiger charge is -2.36. The van der Waals surface area contributed by atoms with Gasteiger partial charge in [-0.3, -0.25) is 14.5 Å².